The summed E-state index contributed by atoms with van der Waals surface area (Å²) in [5.74, 6) is -2.29. The molecule has 1 heterocycles. The summed E-state index contributed by atoms with van der Waals surface area (Å²) in [6, 6.07) is 17.8. The Bertz CT molecular complexity index is 2710. The van der Waals surface area contributed by atoms with Crippen molar-refractivity contribution >= 4 is 91.6 Å². The van der Waals surface area contributed by atoms with Gasteiger partial charge in [-0.25, -0.2) is 12.6 Å². The molecule has 20 nitrogen and oxygen atoms in total. The summed E-state index contributed by atoms with van der Waals surface area (Å²) in [6.07, 6.45) is -1.33. The first kappa shape index (κ1) is 39.9. The smallest absolute Gasteiger partial charge is 0.396 e. The van der Waals surface area contributed by atoms with Gasteiger partial charge in [-0.1, -0.05) is 42.5 Å². The molecule has 0 unspecified atom stereocenters. The second-order valence-corrected chi connectivity index (χ2v) is 17.1. The molecule has 0 radical (unpaired) electrons. The van der Waals surface area contributed by atoms with E-state index in [4.69, 9.17) is 10.3 Å². The van der Waals surface area contributed by atoms with Crippen molar-refractivity contribution in [2.75, 3.05) is 40.6 Å². The number of nitrogen functional groups attached to an aromatic ring is 1. The lowest BCUT2D eigenvalue weighted by molar-refractivity contribution is 0.284. The topological polar surface area (TPSA) is 311 Å². The number of hydrogen-bond donors (Lipinski definition) is 5. The number of nitrogens with two attached hydrogens (primary N) is 1. The third kappa shape index (κ3) is 10.2. The largest absolute Gasteiger partial charge is 0.397 e. The number of fused-ring (bicyclic) bond motifs is 1. The summed E-state index contributed by atoms with van der Waals surface area (Å²) < 4.78 is 143. The van der Waals surface area contributed by atoms with Gasteiger partial charge in [-0.3, -0.25) is 13.7 Å². The van der Waals surface area contributed by atoms with Gasteiger partial charge in [0.15, 0.2) is 9.84 Å². The molecule has 0 aliphatic rings. The summed E-state index contributed by atoms with van der Waals surface area (Å²) in [5, 5.41) is 10.6. The fourth-order valence-electron chi connectivity index (χ4n) is 4.84. The van der Waals surface area contributed by atoms with Crippen molar-refractivity contribution in [2.45, 2.75) is 9.79 Å². The first-order valence-electron chi connectivity index (χ1n) is 14.9. The normalized spacial score (nSPS) is 12.7. The van der Waals surface area contributed by atoms with Crippen LogP contribution in [0.25, 0.3) is 10.8 Å². The summed E-state index contributed by atoms with van der Waals surface area (Å²) in [4.78, 5) is 11.3. The van der Waals surface area contributed by atoms with E-state index < -0.39 is 92.0 Å². The van der Waals surface area contributed by atoms with Crippen molar-refractivity contribution in [1.82, 2.24) is 15.0 Å². The van der Waals surface area contributed by atoms with E-state index in [2.05, 4.69) is 34.7 Å². The van der Waals surface area contributed by atoms with Gasteiger partial charge in [-0.15, -0.1) is 10.2 Å². The molecule has 5 aromatic rings. The molecule has 286 valence electrons. The number of para-hydroxylation sites is 1. The Hall–Kier alpha value is -5.28. The molecule has 1 aromatic heterocycles. The maximum Gasteiger partial charge on any atom is 0.397 e. The zero-order valence-electron chi connectivity index (χ0n) is 27.1. The number of azo groups is 1. The molecule has 0 aliphatic heterocycles. The third-order valence-electron chi connectivity index (χ3n) is 7.22. The van der Waals surface area contributed by atoms with Gasteiger partial charge in [0.1, 0.15) is 21.2 Å². The summed E-state index contributed by atoms with van der Waals surface area (Å²) >= 11 is 0. The van der Waals surface area contributed by atoms with Crippen LogP contribution >= 0.6 is 0 Å². The van der Waals surface area contributed by atoms with Gasteiger partial charge in [0.25, 0.3) is 20.2 Å². The molecule has 0 aliphatic carbocycles. The Morgan fingerprint density at radius 1 is 0.741 bits per heavy atom. The second-order valence-electron chi connectivity index (χ2n) is 10.9. The maximum atomic E-state index is 14.9. The van der Waals surface area contributed by atoms with Crippen LogP contribution in [0.2, 0.25) is 0 Å². The van der Waals surface area contributed by atoms with Crippen LogP contribution in [-0.4, -0.2) is 86.9 Å². The monoisotopic (exact) mass is 826 g/mol. The molecule has 0 fully saturated rings. The standard InChI is InChI=1S/C29H27FN8O12S4/c30-27-33-28(35-29(34-27)38(19-6-2-1-3-7-19)12-14-51(39,40)15-13-50-54(47,48)49)32-18-10-11-24(52(41,42)43)22(16-18)36-37-23-17-25(53(44,45)46)20-8-4-5-9-21(20)26(23)31/h1-11,16-17H,12-15,31H2,(H,41,42,43)(H,44,45,46)(H,47,48,49)(H,32,33,34,35)/b37-36+. The fraction of sp³-hybridized carbons (Fsp3) is 0.138. The van der Waals surface area contributed by atoms with Crippen LogP contribution in [0, 0.1) is 6.08 Å². The highest BCUT2D eigenvalue weighted by Gasteiger charge is 2.23. The zero-order chi connectivity index (χ0) is 39.5. The molecule has 0 saturated heterocycles. The molecule has 4 aromatic carbocycles. The molecule has 6 N–H and O–H groups in total. The zero-order valence-corrected chi connectivity index (χ0v) is 30.4. The number of nitrogens with zero attached hydrogens (tertiary/aromatic N) is 6. The van der Waals surface area contributed by atoms with E-state index in [1.807, 2.05) is 0 Å². The molecular weight excluding hydrogens is 800 g/mol. The number of anilines is 5. The minimum Gasteiger partial charge on any atom is -0.396 e. The Balaban J connectivity index is 1.49. The number of nitrogens with one attached hydrogen (secondary N) is 1. The minimum atomic E-state index is -4.95. The van der Waals surface area contributed by atoms with Gasteiger partial charge in [0.05, 0.1) is 23.8 Å². The molecule has 0 atom stereocenters. The van der Waals surface area contributed by atoms with Crippen molar-refractivity contribution in [2.24, 2.45) is 10.2 Å². The Morgan fingerprint density at radius 3 is 2.02 bits per heavy atom. The van der Waals surface area contributed by atoms with E-state index in [1.54, 1.807) is 24.3 Å². The average molecular weight is 827 g/mol. The van der Waals surface area contributed by atoms with Gasteiger partial charge in [0, 0.05) is 28.7 Å². The first-order chi connectivity index (χ1) is 25.2. The van der Waals surface area contributed by atoms with Crippen LogP contribution in [0.15, 0.2) is 98.9 Å². The lowest BCUT2D eigenvalue weighted by Crippen LogP contribution is -2.29. The molecule has 0 saturated carbocycles. The first-order valence-corrected chi connectivity index (χ1v) is 20.9. The van der Waals surface area contributed by atoms with E-state index in [1.165, 1.54) is 35.2 Å². The van der Waals surface area contributed by atoms with Crippen LogP contribution in [-0.2, 0) is 44.7 Å². The molecule has 0 spiro atoms. The average Bonchev–Trinajstić information content (AvgIpc) is 3.07. The molecule has 0 bridgehead atoms. The van der Waals surface area contributed by atoms with Crippen LogP contribution in [0.3, 0.4) is 0 Å². The number of rotatable bonds is 15. The van der Waals surface area contributed by atoms with Gasteiger partial charge in [-0.2, -0.15) is 44.6 Å². The molecular formula is C29H27FN8O12S4. The van der Waals surface area contributed by atoms with Crippen molar-refractivity contribution in [3.8, 4) is 0 Å². The van der Waals surface area contributed by atoms with Gasteiger partial charge in [-0.05, 0) is 36.4 Å². The Kier molecular flexibility index (Phi) is 11.5. The summed E-state index contributed by atoms with van der Waals surface area (Å²) in [5.41, 5.74) is 5.55. The summed E-state index contributed by atoms with van der Waals surface area (Å²) in [6.45, 7) is -1.24. The van der Waals surface area contributed by atoms with E-state index in [9.17, 15) is 47.2 Å². The third-order valence-corrected chi connectivity index (χ3v) is 11.1. The quantitative estimate of drug-likeness (QED) is 0.0570. The maximum absolute atomic E-state index is 14.9. The fourth-order valence-corrected chi connectivity index (χ4v) is 7.56. The highest BCUT2D eigenvalue weighted by molar-refractivity contribution is 7.91. The number of aromatic nitrogens is 3. The van der Waals surface area contributed by atoms with E-state index in [-0.39, 0.29) is 34.4 Å². The number of benzene rings is 4. The van der Waals surface area contributed by atoms with Gasteiger partial charge in [0.2, 0.25) is 11.9 Å². The van der Waals surface area contributed by atoms with Crippen LogP contribution in [0.5, 0.6) is 0 Å². The highest BCUT2D eigenvalue weighted by atomic mass is 32.3. The van der Waals surface area contributed by atoms with E-state index in [0.717, 1.165) is 24.3 Å². The van der Waals surface area contributed by atoms with E-state index in [0.29, 0.717) is 5.69 Å². The van der Waals surface area contributed by atoms with Crippen molar-refractivity contribution in [3.63, 3.8) is 0 Å². The predicted molar refractivity (Wildman–Crippen MR) is 191 cm³/mol. The van der Waals surface area contributed by atoms with Gasteiger partial charge < -0.3 is 16.0 Å². The van der Waals surface area contributed by atoms with Crippen molar-refractivity contribution in [1.29, 1.82) is 0 Å². The molecule has 54 heavy (non-hydrogen) atoms. The van der Waals surface area contributed by atoms with Crippen LogP contribution in [0.4, 0.5) is 44.7 Å². The second kappa shape index (κ2) is 15.6. The Morgan fingerprint density at radius 2 is 1.37 bits per heavy atom. The number of hydrogen-bond acceptors (Lipinski definition) is 17. The molecule has 25 heteroatoms. The van der Waals surface area contributed by atoms with Crippen molar-refractivity contribution in [3.05, 3.63) is 84.9 Å². The molecule has 0 amide bonds. The summed E-state index contributed by atoms with van der Waals surface area (Å²) in [7, 11) is -18.6. The Labute approximate surface area is 306 Å². The predicted octanol–water partition coefficient (Wildman–Crippen LogP) is 3.77. The minimum absolute atomic E-state index is 0.0503. The van der Waals surface area contributed by atoms with Crippen LogP contribution < -0.4 is 16.0 Å². The number of halogens is 1. The SMILES string of the molecule is Nc1c(/N=N/c2cc(Nc3nc(F)nc(N(CCS(=O)(=O)CCOS(=O)(=O)O)c4ccccc4)n3)ccc2S(=O)(=O)O)cc(S(=O)(=O)O)c2ccccc12. The van der Waals surface area contributed by atoms with Crippen LogP contribution in [0.1, 0.15) is 0 Å². The molecule has 5 rings (SSSR count). The lowest BCUT2D eigenvalue weighted by Gasteiger charge is -2.23. The number of sulfone groups is 1. The van der Waals surface area contributed by atoms with Gasteiger partial charge >= 0.3 is 16.5 Å². The van der Waals surface area contributed by atoms with Crippen molar-refractivity contribution < 1.29 is 55.9 Å². The lowest BCUT2D eigenvalue weighted by atomic mass is 10.1. The van der Waals surface area contributed by atoms with E-state index >= 15 is 0 Å². The highest BCUT2D eigenvalue weighted by Crippen LogP contribution is 2.38.